The maximum absolute atomic E-state index is 13.9. The molecule has 0 aliphatic rings. The molecule has 0 heterocycles. The molecular formula is C46H41N3O4S. The van der Waals surface area contributed by atoms with E-state index in [0.717, 1.165) is 39.3 Å². The monoisotopic (exact) mass is 731 g/mol. The predicted molar refractivity (Wildman–Crippen MR) is 218 cm³/mol. The number of nitrogens with one attached hydrogen (secondary N) is 3. The molecule has 6 aromatic rings. The third kappa shape index (κ3) is 10.1. The number of ether oxygens (including phenoxy) is 1. The molecule has 1 unspecified atom stereocenters. The van der Waals surface area contributed by atoms with Crippen molar-refractivity contribution in [2.45, 2.75) is 37.0 Å². The van der Waals surface area contributed by atoms with Crippen LogP contribution in [0.5, 0.6) is 5.75 Å². The standard InChI is InChI=1S/C46H41N3O4S/c1-3-35-22-13-15-32(2)42(35)49-46(52)43(36-18-9-5-10-19-36)54-40-24-14-23-38(30-40)47-45(51)41(48-44(50)37-20-11-6-12-21-37)29-33-25-27-39(28-26-33)53-31-34-16-7-4-8-17-34/h4-30,43H,3,31H2,1-2H3,(H,47,51)(H,48,50)(H,49,52)/b41-29+. The molecule has 3 amide bonds. The lowest BCUT2D eigenvalue weighted by molar-refractivity contribution is -0.116. The Morgan fingerprint density at radius 3 is 2.09 bits per heavy atom. The zero-order valence-corrected chi connectivity index (χ0v) is 30.9. The summed E-state index contributed by atoms with van der Waals surface area (Å²) in [4.78, 5) is 41.9. The number of anilines is 2. The highest BCUT2D eigenvalue weighted by molar-refractivity contribution is 8.00. The van der Waals surface area contributed by atoms with Crippen LogP contribution in [0.1, 0.15) is 50.3 Å². The molecule has 0 saturated carbocycles. The Morgan fingerprint density at radius 1 is 0.722 bits per heavy atom. The molecule has 0 aromatic heterocycles. The van der Waals surface area contributed by atoms with Crippen molar-refractivity contribution in [1.82, 2.24) is 5.32 Å². The van der Waals surface area contributed by atoms with Gasteiger partial charge in [-0.15, -0.1) is 11.8 Å². The van der Waals surface area contributed by atoms with Crippen molar-refractivity contribution in [3.05, 3.63) is 197 Å². The molecule has 270 valence electrons. The SMILES string of the molecule is CCc1cccc(C)c1NC(=O)C(Sc1cccc(NC(=O)/C(=C\c2ccc(OCc3ccccc3)cc2)NC(=O)c2ccccc2)c1)c1ccccc1. The van der Waals surface area contributed by atoms with Crippen LogP contribution in [-0.4, -0.2) is 17.7 Å². The van der Waals surface area contributed by atoms with E-state index >= 15 is 0 Å². The Balaban J connectivity index is 1.21. The van der Waals surface area contributed by atoms with Gasteiger partial charge in [0.2, 0.25) is 5.91 Å². The first kappa shape index (κ1) is 37.4. The highest BCUT2D eigenvalue weighted by Gasteiger charge is 2.24. The van der Waals surface area contributed by atoms with Crippen LogP contribution in [0.25, 0.3) is 6.08 Å². The number of para-hydroxylation sites is 1. The van der Waals surface area contributed by atoms with E-state index in [2.05, 4.69) is 22.9 Å². The first-order valence-corrected chi connectivity index (χ1v) is 18.6. The molecule has 1 atom stereocenters. The Morgan fingerprint density at radius 2 is 1.39 bits per heavy atom. The summed E-state index contributed by atoms with van der Waals surface area (Å²) in [7, 11) is 0. The molecule has 0 spiro atoms. The second-order valence-corrected chi connectivity index (χ2v) is 13.7. The summed E-state index contributed by atoms with van der Waals surface area (Å²) in [6.45, 7) is 4.49. The Labute approximate surface area is 320 Å². The van der Waals surface area contributed by atoms with Gasteiger partial charge in [-0.25, -0.2) is 0 Å². The van der Waals surface area contributed by atoms with Gasteiger partial charge in [0.05, 0.1) is 0 Å². The number of carbonyl (C=O) groups is 3. The number of rotatable bonds is 14. The van der Waals surface area contributed by atoms with Crippen molar-refractivity contribution >= 4 is 46.9 Å². The molecule has 0 bridgehead atoms. The molecule has 0 aliphatic carbocycles. The Kier molecular flexibility index (Phi) is 12.7. The van der Waals surface area contributed by atoms with Crippen LogP contribution in [-0.2, 0) is 22.6 Å². The lowest BCUT2D eigenvalue weighted by atomic mass is 10.1. The average molecular weight is 732 g/mol. The van der Waals surface area contributed by atoms with Crippen LogP contribution in [0.2, 0.25) is 0 Å². The summed E-state index contributed by atoms with van der Waals surface area (Å²) < 4.78 is 5.93. The van der Waals surface area contributed by atoms with Gasteiger partial charge >= 0.3 is 0 Å². The predicted octanol–water partition coefficient (Wildman–Crippen LogP) is 10.0. The number of aryl methyl sites for hydroxylation is 2. The van der Waals surface area contributed by atoms with Gasteiger partial charge in [-0.1, -0.05) is 122 Å². The van der Waals surface area contributed by atoms with Crippen molar-refractivity contribution in [3.8, 4) is 5.75 Å². The van der Waals surface area contributed by atoms with Crippen LogP contribution in [0.15, 0.2) is 168 Å². The van der Waals surface area contributed by atoms with Crippen LogP contribution in [0.4, 0.5) is 11.4 Å². The maximum atomic E-state index is 13.9. The molecule has 0 saturated heterocycles. The van der Waals surface area contributed by atoms with Crippen LogP contribution >= 0.6 is 11.8 Å². The van der Waals surface area contributed by atoms with Gasteiger partial charge in [-0.2, -0.15) is 0 Å². The van der Waals surface area contributed by atoms with Gasteiger partial charge < -0.3 is 20.7 Å². The van der Waals surface area contributed by atoms with Crippen molar-refractivity contribution in [1.29, 1.82) is 0 Å². The number of hydrogen-bond acceptors (Lipinski definition) is 5. The van der Waals surface area contributed by atoms with Gasteiger partial charge in [0.25, 0.3) is 11.8 Å². The lowest BCUT2D eigenvalue weighted by Crippen LogP contribution is -2.30. The fraction of sp³-hybridized carbons (Fsp3) is 0.109. The van der Waals surface area contributed by atoms with E-state index in [1.54, 1.807) is 36.4 Å². The largest absolute Gasteiger partial charge is 0.489 e. The van der Waals surface area contributed by atoms with E-state index in [-0.39, 0.29) is 11.6 Å². The minimum absolute atomic E-state index is 0.0614. The summed E-state index contributed by atoms with van der Waals surface area (Å²) in [6, 6.07) is 48.9. The van der Waals surface area contributed by atoms with Gasteiger partial charge in [0.1, 0.15) is 23.3 Å². The number of thioether (sulfide) groups is 1. The fourth-order valence-electron chi connectivity index (χ4n) is 5.78. The molecule has 0 radical (unpaired) electrons. The minimum Gasteiger partial charge on any atom is -0.489 e. The highest BCUT2D eigenvalue weighted by Crippen LogP contribution is 2.38. The van der Waals surface area contributed by atoms with Gasteiger partial charge in [0, 0.05) is 21.8 Å². The zero-order chi connectivity index (χ0) is 37.7. The van der Waals surface area contributed by atoms with Crippen LogP contribution < -0.4 is 20.7 Å². The van der Waals surface area contributed by atoms with E-state index in [1.165, 1.54) is 11.8 Å². The Hall–Kier alpha value is -6.38. The number of hydrogen-bond donors (Lipinski definition) is 3. The summed E-state index contributed by atoms with van der Waals surface area (Å²) in [6.07, 6.45) is 2.42. The topological polar surface area (TPSA) is 96.5 Å². The molecule has 6 rings (SSSR count). The second-order valence-electron chi connectivity index (χ2n) is 12.6. The average Bonchev–Trinajstić information content (AvgIpc) is 3.21. The number of carbonyl (C=O) groups excluding carboxylic acids is 3. The summed E-state index contributed by atoms with van der Waals surface area (Å²) >= 11 is 1.39. The molecule has 0 aliphatic heterocycles. The number of amides is 3. The van der Waals surface area contributed by atoms with E-state index < -0.39 is 17.1 Å². The van der Waals surface area contributed by atoms with Crippen molar-refractivity contribution < 1.29 is 19.1 Å². The maximum Gasteiger partial charge on any atom is 0.272 e. The van der Waals surface area contributed by atoms with Crippen molar-refractivity contribution in [2.75, 3.05) is 10.6 Å². The highest BCUT2D eigenvalue weighted by atomic mass is 32.2. The second kappa shape index (κ2) is 18.4. The van der Waals surface area contributed by atoms with E-state index in [4.69, 9.17) is 4.74 Å². The minimum atomic E-state index is -0.568. The fourth-order valence-corrected chi connectivity index (χ4v) is 6.87. The quantitative estimate of drug-likeness (QED) is 0.0766. The lowest BCUT2D eigenvalue weighted by Gasteiger charge is -2.20. The molecule has 3 N–H and O–H groups in total. The van der Waals surface area contributed by atoms with E-state index in [9.17, 15) is 14.4 Å². The van der Waals surface area contributed by atoms with E-state index in [0.29, 0.717) is 29.2 Å². The summed E-state index contributed by atoms with van der Waals surface area (Å²) in [5.41, 5.74) is 6.49. The third-order valence-electron chi connectivity index (χ3n) is 8.64. The first-order chi connectivity index (χ1) is 26.4. The third-order valence-corrected chi connectivity index (χ3v) is 9.89. The molecule has 7 nitrogen and oxygen atoms in total. The summed E-state index contributed by atoms with van der Waals surface area (Å²) in [5, 5.41) is 8.39. The normalized spacial score (nSPS) is 11.6. The summed E-state index contributed by atoms with van der Waals surface area (Å²) in [5.74, 6) is -0.387. The van der Waals surface area contributed by atoms with Crippen molar-refractivity contribution in [3.63, 3.8) is 0 Å². The van der Waals surface area contributed by atoms with Crippen molar-refractivity contribution in [2.24, 2.45) is 0 Å². The molecular weight excluding hydrogens is 691 g/mol. The van der Waals surface area contributed by atoms with E-state index in [1.807, 2.05) is 134 Å². The first-order valence-electron chi connectivity index (χ1n) is 17.7. The van der Waals surface area contributed by atoms with Crippen LogP contribution in [0.3, 0.4) is 0 Å². The molecule has 6 aromatic carbocycles. The molecule has 54 heavy (non-hydrogen) atoms. The van der Waals surface area contributed by atoms with Gasteiger partial charge in [-0.3, -0.25) is 14.4 Å². The number of benzene rings is 6. The Bertz CT molecular complexity index is 2220. The molecule has 0 fully saturated rings. The van der Waals surface area contributed by atoms with Gasteiger partial charge in [0.15, 0.2) is 0 Å². The smallest absolute Gasteiger partial charge is 0.272 e. The molecule has 8 heteroatoms. The van der Waals surface area contributed by atoms with Gasteiger partial charge in [-0.05, 0) is 89.7 Å². The zero-order valence-electron chi connectivity index (χ0n) is 30.1. The van der Waals surface area contributed by atoms with Crippen LogP contribution in [0, 0.1) is 6.92 Å².